The van der Waals surface area contributed by atoms with Crippen LogP contribution >= 0.6 is 0 Å². The number of esters is 1. The Bertz CT molecular complexity index is 600. The van der Waals surface area contributed by atoms with E-state index in [1.807, 2.05) is 0 Å². The van der Waals surface area contributed by atoms with E-state index in [-0.39, 0.29) is 23.0 Å². The minimum atomic E-state index is -0.474. The van der Waals surface area contributed by atoms with Crippen molar-refractivity contribution in [2.75, 3.05) is 13.2 Å². The highest BCUT2D eigenvalue weighted by molar-refractivity contribution is 5.92. The number of piperidine rings is 1. The van der Waals surface area contributed by atoms with Crippen LogP contribution in [0.5, 0.6) is 11.5 Å². The summed E-state index contributed by atoms with van der Waals surface area (Å²) in [5, 5.41) is 13.6. The predicted octanol–water partition coefficient (Wildman–Crippen LogP) is 4.82. The highest BCUT2D eigenvalue weighted by Gasteiger charge is 2.30. The van der Waals surface area contributed by atoms with E-state index >= 15 is 0 Å². The lowest BCUT2D eigenvalue weighted by atomic mass is 9.91. The van der Waals surface area contributed by atoms with Crippen LogP contribution in [0, 0.1) is 0 Å². The zero-order valence-electron chi connectivity index (χ0n) is 17.1. The SMILES string of the molecule is CCCCCCCCOc1ccc(C(=O)OC2CCNC(C)(C)C2)c(O)c1. The number of hydrogen-bond acceptors (Lipinski definition) is 5. The molecule has 1 aromatic rings. The summed E-state index contributed by atoms with van der Waals surface area (Å²) in [5.41, 5.74) is 0.151. The lowest BCUT2D eigenvalue weighted by molar-refractivity contribution is 0.0120. The molecule has 5 heteroatoms. The second-order valence-corrected chi connectivity index (χ2v) is 8.13. The van der Waals surface area contributed by atoms with Crippen LogP contribution < -0.4 is 10.1 Å². The molecule has 0 amide bonds. The van der Waals surface area contributed by atoms with Gasteiger partial charge in [-0.3, -0.25) is 0 Å². The molecule has 1 aliphatic rings. The zero-order chi connectivity index (χ0) is 19.7. The van der Waals surface area contributed by atoms with E-state index in [0.717, 1.165) is 32.2 Å². The summed E-state index contributed by atoms with van der Waals surface area (Å²) in [6, 6.07) is 4.81. The Hall–Kier alpha value is -1.75. The van der Waals surface area contributed by atoms with Gasteiger partial charge in [-0.15, -0.1) is 0 Å². The Balaban J connectivity index is 1.78. The van der Waals surface area contributed by atoms with Crippen molar-refractivity contribution in [3.8, 4) is 11.5 Å². The average molecular weight is 378 g/mol. The van der Waals surface area contributed by atoms with Gasteiger partial charge in [0.25, 0.3) is 0 Å². The number of ether oxygens (including phenoxy) is 2. The van der Waals surface area contributed by atoms with Crippen LogP contribution in [0.1, 0.15) is 82.5 Å². The third-order valence-electron chi connectivity index (χ3n) is 5.04. The van der Waals surface area contributed by atoms with Crippen LogP contribution in [0.4, 0.5) is 0 Å². The molecule has 2 rings (SSSR count). The fraction of sp³-hybridized carbons (Fsp3) is 0.682. The van der Waals surface area contributed by atoms with Crippen LogP contribution in [-0.4, -0.2) is 35.9 Å². The van der Waals surface area contributed by atoms with Gasteiger partial charge in [0, 0.05) is 18.0 Å². The topological polar surface area (TPSA) is 67.8 Å². The standard InChI is InChI=1S/C22H35NO4/c1-4-5-6-7-8-9-14-26-17-10-11-19(20(24)15-17)21(25)27-18-12-13-23-22(2,3)16-18/h10-11,15,18,23-24H,4-9,12-14,16H2,1-3H3. The van der Waals surface area contributed by atoms with Gasteiger partial charge in [0.15, 0.2) is 0 Å². The highest BCUT2D eigenvalue weighted by Crippen LogP contribution is 2.27. The molecule has 0 spiro atoms. The predicted molar refractivity (Wildman–Crippen MR) is 107 cm³/mol. The number of carbonyl (C=O) groups excluding carboxylic acids is 1. The minimum absolute atomic E-state index is 0.0422. The zero-order valence-corrected chi connectivity index (χ0v) is 17.1. The van der Waals surface area contributed by atoms with Gasteiger partial charge in [-0.05, 0) is 45.4 Å². The summed E-state index contributed by atoms with van der Waals surface area (Å²) in [6.45, 7) is 7.85. The normalized spacial score (nSPS) is 18.9. The Morgan fingerprint density at radius 3 is 2.67 bits per heavy atom. The molecule has 1 aromatic carbocycles. The molecule has 0 aliphatic carbocycles. The molecule has 1 fully saturated rings. The van der Waals surface area contributed by atoms with Crippen molar-refractivity contribution in [2.24, 2.45) is 0 Å². The number of carbonyl (C=O) groups is 1. The lowest BCUT2D eigenvalue weighted by Gasteiger charge is -2.36. The summed E-state index contributed by atoms with van der Waals surface area (Å²) >= 11 is 0. The van der Waals surface area contributed by atoms with E-state index in [2.05, 4.69) is 26.1 Å². The first-order valence-electron chi connectivity index (χ1n) is 10.3. The number of aromatic hydroxyl groups is 1. The second-order valence-electron chi connectivity index (χ2n) is 8.13. The maximum absolute atomic E-state index is 12.4. The van der Waals surface area contributed by atoms with E-state index in [1.165, 1.54) is 31.7 Å². The fourth-order valence-electron chi connectivity index (χ4n) is 3.48. The molecule has 2 N–H and O–H groups in total. The van der Waals surface area contributed by atoms with Crippen molar-refractivity contribution >= 4 is 5.97 Å². The van der Waals surface area contributed by atoms with E-state index in [4.69, 9.17) is 9.47 Å². The van der Waals surface area contributed by atoms with Crippen molar-refractivity contribution in [1.29, 1.82) is 0 Å². The van der Waals surface area contributed by atoms with Crippen molar-refractivity contribution in [2.45, 2.75) is 83.8 Å². The minimum Gasteiger partial charge on any atom is -0.507 e. The molecule has 0 radical (unpaired) electrons. The maximum atomic E-state index is 12.4. The lowest BCUT2D eigenvalue weighted by Crippen LogP contribution is -2.49. The van der Waals surface area contributed by atoms with Crippen molar-refractivity contribution < 1.29 is 19.4 Å². The molecular formula is C22H35NO4. The molecule has 1 atom stereocenters. The number of phenolic OH excluding ortho intramolecular Hbond substituents is 1. The molecule has 0 bridgehead atoms. The summed E-state index contributed by atoms with van der Waals surface area (Å²) in [5.74, 6) is 0.0203. The molecule has 1 heterocycles. The van der Waals surface area contributed by atoms with E-state index in [1.54, 1.807) is 12.1 Å². The number of unbranched alkanes of at least 4 members (excludes halogenated alkanes) is 5. The van der Waals surface area contributed by atoms with Gasteiger partial charge in [0.2, 0.25) is 0 Å². The van der Waals surface area contributed by atoms with Crippen molar-refractivity contribution in [3.63, 3.8) is 0 Å². The Labute approximate surface area is 163 Å². The third kappa shape index (κ3) is 7.41. The van der Waals surface area contributed by atoms with Gasteiger partial charge in [-0.1, -0.05) is 39.0 Å². The quantitative estimate of drug-likeness (QED) is 0.452. The Morgan fingerprint density at radius 2 is 1.96 bits per heavy atom. The molecule has 5 nitrogen and oxygen atoms in total. The van der Waals surface area contributed by atoms with Gasteiger partial charge < -0.3 is 19.9 Å². The molecule has 1 saturated heterocycles. The number of hydrogen-bond donors (Lipinski definition) is 2. The number of benzene rings is 1. The Morgan fingerprint density at radius 1 is 1.22 bits per heavy atom. The van der Waals surface area contributed by atoms with E-state index in [9.17, 15) is 9.90 Å². The van der Waals surface area contributed by atoms with Gasteiger partial charge in [0.1, 0.15) is 23.2 Å². The largest absolute Gasteiger partial charge is 0.507 e. The van der Waals surface area contributed by atoms with Gasteiger partial charge in [-0.2, -0.15) is 0 Å². The first-order valence-corrected chi connectivity index (χ1v) is 10.3. The summed E-state index contributed by atoms with van der Waals surface area (Å²) in [4.78, 5) is 12.4. The molecular weight excluding hydrogens is 342 g/mol. The van der Waals surface area contributed by atoms with Gasteiger partial charge in [-0.25, -0.2) is 4.79 Å². The molecule has 0 saturated carbocycles. The summed E-state index contributed by atoms with van der Waals surface area (Å²) < 4.78 is 11.3. The molecule has 27 heavy (non-hydrogen) atoms. The van der Waals surface area contributed by atoms with Crippen LogP contribution in [-0.2, 0) is 4.74 Å². The number of nitrogens with one attached hydrogen (secondary N) is 1. The van der Waals surface area contributed by atoms with Crippen LogP contribution in [0.3, 0.4) is 0 Å². The number of phenols is 1. The van der Waals surface area contributed by atoms with E-state index in [0.29, 0.717) is 12.4 Å². The maximum Gasteiger partial charge on any atom is 0.342 e. The fourth-order valence-corrected chi connectivity index (χ4v) is 3.48. The summed E-state index contributed by atoms with van der Waals surface area (Å²) in [7, 11) is 0. The van der Waals surface area contributed by atoms with Gasteiger partial charge >= 0.3 is 5.97 Å². The first kappa shape index (κ1) is 21.5. The van der Waals surface area contributed by atoms with Gasteiger partial charge in [0.05, 0.1) is 6.61 Å². The van der Waals surface area contributed by atoms with Crippen molar-refractivity contribution in [3.05, 3.63) is 23.8 Å². The molecule has 152 valence electrons. The van der Waals surface area contributed by atoms with E-state index < -0.39 is 5.97 Å². The third-order valence-corrected chi connectivity index (χ3v) is 5.04. The number of rotatable bonds is 10. The Kier molecular flexibility index (Phi) is 8.42. The van der Waals surface area contributed by atoms with Crippen molar-refractivity contribution in [1.82, 2.24) is 5.32 Å². The van der Waals surface area contributed by atoms with Crippen LogP contribution in [0.15, 0.2) is 18.2 Å². The highest BCUT2D eigenvalue weighted by atomic mass is 16.5. The monoisotopic (exact) mass is 377 g/mol. The molecule has 1 unspecified atom stereocenters. The molecule has 1 aliphatic heterocycles. The van der Waals surface area contributed by atoms with Crippen LogP contribution in [0.2, 0.25) is 0 Å². The molecule has 0 aromatic heterocycles. The smallest absolute Gasteiger partial charge is 0.342 e. The summed E-state index contributed by atoms with van der Waals surface area (Å²) in [6.07, 6.45) is 8.64. The second kappa shape index (κ2) is 10.5. The average Bonchev–Trinajstić information content (AvgIpc) is 2.60. The van der Waals surface area contributed by atoms with Crippen LogP contribution in [0.25, 0.3) is 0 Å². The first-order chi connectivity index (χ1) is 12.9.